The van der Waals surface area contributed by atoms with Crippen LogP contribution < -0.4 is 0 Å². The number of phosphoric ester groups is 2. The Bertz CT molecular complexity index is 1830. The fourth-order valence-corrected chi connectivity index (χ4v) is 12.8. The normalized spacial score (nSPS) is 14.2. The van der Waals surface area contributed by atoms with Crippen LogP contribution in [0.25, 0.3) is 0 Å². The van der Waals surface area contributed by atoms with Crippen LogP contribution in [0.5, 0.6) is 0 Å². The Labute approximate surface area is 568 Å². The van der Waals surface area contributed by atoms with Gasteiger partial charge in [-0.2, -0.15) is 0 Å². The molecule has 0 amide bonds. The summed E-state index contributed by atoms with van der Waals surface area (Å²) < 4.78 is 68.3. The molecule has 0 spiro atoms. The number of unbranched alkanes of at least 4 members (excludes halogenated alkanes) is 37. The van der Waals surface area contributed by atoms with Crippen LogP contribution in [0.15, 0.2) is 0 Å². The van der Waals surface area contributed by atoms with E-state index in [1.165, 1.54) is 161 Å². The fraction of sp³-hybridized carbons (Fsp3) is 0.946. The molecule has 0 aliphatic carbocycles. The molecule has 0 saturated carbocycles. The number of aliphatic hydroxyl groups excluding tert-OH is 1. The molecule has 0 rings (SSSR count). The van der Waals surface area contributed by atoms with Gasteiger partial charge in [0, 0.05) is 25.7 Å². The average molecular weight is 1370 g/mol. The molecule has 3 unspecified atom stereocenters. The molecule has 0 aromatic rings. The zero-order valence-corrected chi connectivity index (χ0v) is 62.7. The maximum Gasteiger partial charge on any atom is 0.472 e. The molecule has 19 heteroatoms. The third-order valence-electron chi connectivity index (χ3n) is 17.1. The van der Waals surface area contributed by atoms with Gasteiger partial charge in [-0.15, -0.1) is 0 Å². The maximum atomic E-state index is 13.0. The number of carbonyl (C=O) groups excluding carboxylic acids is 4. The lowest BCUT2D eigenvalue weighted by Crippen LogP contribution is -2.30. The van der Waals surface area contributed by atoms with Crippen molar-refractivity contribution in [3.05, 3.63) is 0 Å². The minimum Gasteiger partial charge on any atom is -0.462 e. The summed E-state index contributed by atoms with van der Waals surface area (Å²) in [5, 5.41) is 10.6. The van der Waals surface area contributed by atoms with Crippen LogP contribution in [0.1, 0.15) is 370 Å². The number of phosphoric acid groups is 2. The summed E-state index contributed by atoms with van der Waals surface area (Å²) in [7, 11) is -9.91. The Balaban J connectivity index is 5.15. The van der Waals surface area contributed by atoms with Crippen molar-refractivity contribution in [3.63, 3.8) is 0 Å². The van der Waals surface area contributed by atoms with Crippen LogP contribution in [0.3, 0.4) is 0 Å². The molecule has 5 atom stereocenters. The summed E-state index contributed by atoms with van der Waals surface area (Å²) >= 11 is 0. The van der Waals surface area contributed by atoms with Crippen LogP contribution in [0, 0.1) is 23.7 Å². The molecule has 17 nitrogen and oxygen atoms in total. The highest BCUT2D eigenvalue weighted by Gasteiger charge is 2.30. The first-order chi connectivity index (χ1) is 44.6. The van der Waals surface area contributed by atoms with Crippen molar-refractivity contribution in [2.75, 3.05) is 39.6 Å². The van der Waals surface area contributed by atoms with Crippen molar-refractivity contribution >= 4 is 39.5 Å². The first-order valence-corrected chi connectivity index (χ1v) is 41.2. The maximum absolute atomic E-state index is 13.0. The zero-order valence-electron chi connectivity index (χ0n) is 60.9. The van der Waals surface area contributed by atoms with Gasteiger partial charge >= 0.3 is 39.5 Å². The molecule has 0 aliphatic rings. The predicted molar refractivity (Wildman–Crippen MR) is 377 cm³/mol. The van der Waals surface area contributed by atoms with Gasteiger partial charge in [0.2, 0.25) is 0 Å². The highest BCUT2D eigenvalue weighted by atomic mass is 31.2. The summed E-state index contributed by atoms with van der Waals surface area (Å²) in [6.07, 6.45) is 47.7. The van der Waals surface area contributed by atoms with Crippen LogP contribution in [-0.2, 0) is 65.4 Å². The lowest BCUT2D eigenvalue weighted by atomic mass is 10.0. The fourth-order valence-electron chi connectivity index (χ4n) is 11.2. The number of ether oxygens (including phenoxy) is 4. The van der Waals surface area contributed by atoms with Crippen LogP contribution in [0.4, 0.5) is 0 Å². The van der Waals surface area contributed by atoms with E-state index in [0.717, 1.165) is 115 Å². The van der Waals surface area contributed by atoms with E-state index in [4.69, 9.17) is 37.0 Å². The minimum absolute atomic E-state index is 0.105. The molecule has 0 radical (unpaired) electrons. The molecule has 0 aliphatic heterocycles. The van der Waals surface area contributed by atoms with Gasteiger partial charge in [-0.25, -0.2) is 9.13 Å². The summed E-state index contributed by atoms with van der Waals surface area (Å²) in [6, 6.07) is 0. The first kappa shape index (κ1) is 91.1. The quantitative estimate of drug-likeness (QED) is 0.0222. The monoisotopic (exact) mass is 1370 g/mol. The Hall–Kier alpha value is -1.94. The molecular weight excluding hydrogens is 1220 g/mol. The van der Waals surface area contributed by atoms with Crippen molar-refractivity contribution in [1.82, 2.24) is 0 Å². The van der Waals surface area contributed by atoms with Crippen molar-refractivity contribution < 1.29 is 80.2 Å². The number of aliphatic hydroxyl groups is 1. The second kappa shape index (κ2) is 63.5. The van der Waals surface area contributed by atoms with Gasteiger partial charge in [0.1, 0.15) is 19.3 Å². The van der Waals surface area contributed by atoms with Crippen molar-refractivity contribution in [1.29, 1.82) is 0 Å². The smallest absolute Gasteiger partial charge is 0.462 e. The Kier molecular flexibility index (Phi) is 62.2. The minimum atomic E-state index is -4.95. The number of hydrogen-bond donors (Lipinski definition) is 3. The molecule has 3 N–H and O–H groups in total. The molecule has 0 aromatic carbocycles. The van der Waals surface area contributed by atoms with Crippen molar-refractivity contribution in [3.8, 4) is 0 Å². The SMILES string of the molecule is CC(C)CCCCCCCCCCCCCCCCCCCCC(=O)O[C@H](COC(=O)CCCCCCCCC(C)C)COP(=O)(O)OCC(O)COP(=O)(O)OC[C@@H](COC(=O)CCCCCCCCC(C)C)OC(=O)CCCCCCCCCCCCCC(C)C. The van der Waals surface area contributed by atoms with Gasteiger partial charge < -0.3 is 33.8 Å². The Morgan fingerprint density at radius 1 is 0.269 bits per heavy atom. The molecule has 0 heterocycles. The third-order valence-corrected chi connectivity index (χ3v) is 19.0. The van der Waals surface area contributed by atoms with Gasteiger partial charge in [-0.3, -0.25) is 37.3 Å². The molecule has 93 heavy (non-hydrogen) atoms. The van der Waals surface area contributed by atoms with Crippen LogP contribution in [-0.4, -0.2) is 96.7 Å². The van der Waals surface area contributed by atoms with E-state index >= 15 is 0 Å². The standard InChI is InChI=1S/C74H144O17P2/c1-64(2)50-42-34-26-22-18-15-13-11-9-10-12-14-16-20-24-28-40-48-56-73(78)90-69(60-84-71(76)54-46-38-32-30-36-44-52-66(5)6)62-88-92(80,81)86-58-68(75)59-87-93(82,83)89-63-70(61-85-72(77)55-47-39-33-31-37-45-53-67(7)8)91-74(79)57-49-41-29-25-21-17-19-23-27-35-43-51-65(3)4/h64-70,75H,9-63H2,1-8H3,(H,80,81)(H,82,83)/t68?,69-,70-/m1/s1. The zero-order chi connectivity index (χ0) is 68.9. The topological polar surface area (TPSA) is 237 Å². The van der Waals surface area contributed by atoms with Crippen LogP contribution >= 0.6 is 15.6 Å². The average Bonchev–Trinajstić information content (AvgIpc) is 2.33. The van der Waals surface area contributed by atoms with Gasteiger partial charge in [-0.1, -0.05) is 319 Å². The molecule has 0 saturated heterocycles. The molecule has 552 valence electrons. The highest BCUT2D eigenvalue weighted by Crippen LogP contribution is 2.45. The van der Waals surface area contributed by atoms with Crippen molar-refractivity contribution in [2.24, 2.45) is 23.7 Å². The number of esters is 4. The summed E-state index contributed by atoms with van der Waals surface area (Å²) in [5.41, 5.74) is 0. The van der Waals surface area contributed by atoms with Gasteiger partial charge in [0.25, 0.3) is 0 Å². The number of hydrogen-bond acceptors (Lipinski definition) is 15. The molecular formula is C74H144O17P2. The van der Waals surface area contributed by atoms with E-state index in [2.05, 4.69) is 55.4 Å². The Morgan fingerprint density at radius 3 is 0.667 bits per heavy atom. The first-order valence-electron chi connectivity index (χ1n) is 38.2. The van der Waals surface area contributed by atoms with Gasteiger partial charge in [-0.05, 0) is 49.4 Å². The van der Waals surface area contributed by atoms with Crippen LogP contribution in [0.2, 0.25) is 0 Å². The number of rotatable bonds is 71. The van der Waals surface area contributed by atoms with E-state index in [-0.39, 0.29) is 25.7 Å². The Morgan fingerprint density at radius 2 is 0.452 bits per heavy atom. The summed E-state index contributed by atoms with van der Waals surface area (Å²) in [6.45, 7) is 14.1. The summed E-state index contributed by atoms with van der Waals surface area (Å²) in [5.74, 6) is 0.816. The number of carbonyl (C=O) groups is 4. The largest absolute Gasteiger partial charge is 0.472 e. The van der Waals surface area contributed by atoms with E-state index in [9.17, 15) is 43.2 Å². The van der Waals surface area contributed by atoms with Gasteiger partial charge in [0.15, 0.2) is 12.2 Å². The summed E-state index contributed by atoms with van der Waals surface area (Å²) in [4.78, 5) is 72.6. The van der Waals surface area contributed by atoms with E-state index < -0.39 is 97.5 Å². The van der Waals surface area contributed by atoms with E-state index in [0.29, 0.717) is 37.5 Å². The van der Waals surface area contributed by atoms with Gasteiger partial charge in [0.05, 0.1) is 26.4 Å². The molecule has 0 bridgehead atoms. The van der Waals surface area contributed by atoms with Crippen molar-refractivity contribution in [2.45, 2.75) is 388 Å². The predicted octanol–water partition coefficient (Wildman–Crippen LogP) is 21.3. The third kappa shape index (κ3) is 68.4. The molecule has 0 aromatic heterocycles. The second-order valence-electron chi connectivity index (χ2n) is 28.6. The second-order valence-corrected chi connectivity index (χ2v) is 31.5. The van der Waals surface area contributed by atoms with E-state index in [1.807, 2.05) is 0 Å². The highest BCUT2D eigenvalue weighted by molar-refractivity contribution is 7.47. The van der Waals surface area contributed by atoms with E-state index in [1.54, 1.807) is 0 Å². The molecule has 0 fully saturated rings. The lowest BCUT2D eigenvalue weighted by molar-refractivity contribution is -0.161. The lowest BCUT2D eigenvalue weighted by Gasteiger charge is -2.21.